The van der Waals surface area contributed by atoms with Crippen molar-refractivity contribution in [1.82, 2.24) is 56.0 Å². The predicted octanol–water partition coefficient (Wildman–Crippen LogP) is 7.27. The number of nitrogens with zero attached hydrogens (tertiary/aromatic N) is 8. The molecule has 4 amide bonds. The number of hydrogen-bond acceptors (Lipinski definition) is 16. The van der Waals surface area contributed by atoms with Gasteiger partial charge < -0.3 is 39.8 Å². The second-order valence-corrected chi connectivity index (χ2v) is 22.5. The number of ether oxygens (including phenoxy) is 4. The first-order valence-corrected chi connectivity index (χ1v) is 27.6. The van der Waals surface area contributed by atoms with Crippen LogP contribution < -0.4 is 26.3 Å². The molecule has 0 radical (unpaired) electrons. The topological polar surface area (TPSA) is 237 Å². The molecule has 0 spiro atoms. The van der Waals surface area contributed by atoms with Crippen LogP contribution in [0.3, 0.4) is 0 Å². The fourth-order valence-electron chi connectivity index (χ4n) is 10.3. The third kappa shape index (κ3) is 15.6. The van der Waals surface area contributed by atoms with Crippen molar-refractivity contribution >= 4 is 35.9 Å². The summed E-state index contributed by atoms with van der Waals surface area (Å²) in [5.74, 6) is -1.01. The van der Waals surface area contributed by atoms with E-state index in [1.54, 1.807) is 17.7 Å². The Labute approximate surface area is 503 Å². The number of benzene rings is 2. The number of alkyl carbamates (subject to hydrolysis) is 2. The van der Waals surface area contributed by atoms with Gasteiger partial charge in [-0.1, -0.05) is 24.0 Å². The molecular weight excluding hydrogens is 1200 g/mol. The fourth-order valence-corrected chi connectivity index (χ4v) is 10.3. The molecule has 3 fully saturated rings. The lowest BCUT2D eigenvalue weighted by Crippen LogP contribution is -2.64. The van der Waals surface area contributed by atoms with Gasteiger partial charge in [0.15, 0.2) is 0 Å². The van der Waals surface area contributed by atoms with Gasteiger partial charge in [0.2, 0.25) is 11.9 Å². The van der Waals surface area contributed by atoms with E-state index in [2.05, 4.69) is 61.9 Å². The molecule has 2 bridgehead atoms. The number of pyridine rings is 1. The zero-order valence-electron chi connectivity index (χ0n) is 48.6. The third-order valence-corrected chi connectivity index (χ3v) is 15.8. The molecular formula is C58H62F10N12O9. The standard InChI is InChI=1S/C58H62F10N12O9/c1-55(2,57(63,64)65)46(73-53(84)86-5)48(81)72-44(20-33-12-9-32(10-13-33)11-14-34-23-70-52(71-24-34)77-26-37-15-16-38(27-77)80(37)39-30-88-31-39)45(89-50(83)35-8-7-18-69-25-35)29-78(76-49(82)47(74-54(85)87-6)56(3,4)58(66,67)68)28-40-41(59)21-36(22-42(40)60)43-17-19-79(75-43)51(61)62/h7-10,12-13,17-19,21-25,37-39,44-47,51H,15-16,20,26-31H2,1-6H3,(H,72,81)(H,73,84)(H,74,85)(H,76,82). The van der Waals surface area contributed by atoms with Gasteiger partial charge in [0.1, 0.15) is 29.8 Å². The van der Waals surface area contributed by atoms with E-state index in [0.717, 1.165) is 71.8 Å². The minimum absolute atomic E-state index is 0.188. The van der Waals surface area contributed by atoms with Gasteiger partial charge in [-0.15, -0.1) is 0 Å². The molecule has 3 aromatic heterocycles. The molecule has 5 aromatic rings. The van der Waals surface area contributed by atoms with Crippen molar-refractivity contribution in [2.75, 3.05) is 52.0 Å². The second-order valence-electron chi connectivity index (χ2n) is 22.5. The normalized spacial score (nSPS) is 17.8. The highest BCUT2D eigenvalue weighted by Gasteiger charge is 2.57. The van der Waals surface area contributed by atoms with E-state index in [1.165, 1.54) is 42.6 Å². The maximum Gasteiger partial charge on any atom is 0.407 e. The van der Waals surface area contributed by atoms with E-state index in [4.69, 9.17) is 9.47 Å². The number of nitrogens with one attached hydrogen (secondary N) is 4. The van der Waals surface area contributed by atoms with Crippen LogP contribution in [-0.2, 0) is 41.5 Å². The number of hydrogen-bond donors (Lipinski definition) is 4. The molecule has 21 nitrogen and oxygen atoms in total. The predicted molar refractivity (Wildman–Crippen MR) is 295 cm³/mol. The Morgan fingerprint density at radius 1 is 0.753 bits per heavy atom. The SMILES string of the molecule is COC(=O)NC(C(=O)NC(Cc1ccc(C#Cc2cnc(N3CC4CCC(C3)N4C3COC3)nc2)cc1)C(CN(Cc1c(F)cc(-c2ccn(C(F)F)n2)cc1F)NC(=O)C(NC(=O)OC)C(C)(C)C(F)(F)F)OC(=O)c1cccnc1)C(C)(C)C(F)(F)F. The summed E-state index contributed by atoms with van der Waals surface area (Å²) in [7, 11) is 1.58. The van der Waals surface area contributed by atoms with Gasteiger partial charge in [0.25, 0.3) is 5.91 Å². The van der Waals surface area contributed by atoms with Gasteiger partial charge in [-0.05, 0) is 95.0 Å². The summed E-state index contributed by atoms with van der Waals surface area (Å²) in [6, 6.07) is 4.87. The zero-order valence-corrected chi connectivity index (χ0v) is 48.6. The first-order chi connectivity index (χ1) is 42.0. The Balaban J connectivity index is 1.17. The van der Waals surface area contributed by atoms with Gasteiger partial charge in [0, 0.05) is 79.4 Å². The first-order valence-electron chi connectivity index (χ1n) is 27.6. The number of fused-ring (bicyclic) bond motifs is 2. The highest BCUT2D eigenvalue weighted by molar-refractivity contribution is 5.90. The zero-order chi connectivity index (χ0) is 64.8. The molecule has 2 aromatic carbocycles. The lowest BCUT2D eigenvalue weighted by atomic mass is 9.82. The molecule has 3 saturated heterocycles. The van der Waals surface area contributed by atoms with Crippen molar-refractivity contribution in [3.63, 3.8) is 0 Å². The van der Waals surface area contributed by atoms with Crippen molar-refractivity contribution in [1.29, 1.82) is 0 Å². The van der Waals surface area contributed by atoms with E-state index in [0.29, 0.717) is 80.0 Å². The molecule has 0 aliphatic carbocycles. The molecule has 0 saturated carbocycles. The average molecular weight is 1260 g/mol. The smallest absolute Gasteiger partial charge is 0.407 e. The number of hydrazine groups is 1. The summed E-state index contributed by atoms with van der Waals surface area (Å²) in [5.41, 5.74) is -5.15. The number of piperazine rings is 1. The number of methoxy groups -OCH3 is 2. The minimum atomic E-state index is -5.29. The van der Waals surface area contributed by atoms with Crippen LogP contribution in [0.5, 0.6) is 0 Å². The number of amides is 4. The molecule has 6 unspecified atom stereocenters. The van der Waals surface area contributed by atoms with Crippen molar-refractivity contribution in [3.05, 3.63) is 125 Å². The van der Waals surface area contributed by atoms with Crippen LogP contribution in [0.25, 0.3) is 11.3 Å². The maximum absolute atomic E-state index is 16.4. The van der Waals surface area contributed by atoms with Gasteiger partial charge in [-0.2, -0.15) is 40.2 Å². The number of halogens is 10. The molecule has 31 heteroatoms. The van der Waals surface area contributed by atoms with Crippen molar-refractivity contribution in [2.24, 2.45) is 10.8 Å². The third-order valence-electron chi connectivity index (χ3n) is 15.8. The molecule has 6 heterocycles. The van der Waals surface area contributed by atoms with Gasteiger partial charge in [-0.25, -0.2) is 42.8 Å². The van der Waals surface area contributed by atoms with Crippen LogP contribution in [0, 0.1) is 34.3 Å². The van der Waals surface area contributed by atoms with Crippen molar-refractivity contribution in [3.8, 4) is 23.1 Å². The largest absolute Gasteiger partial charge is 0.455 e. The molecule has 6 atom stereocenters. The molecule has 8 rings (SSSR count). The number of rotatable bonds is 21. The van der Waals surface area contributed by atoms with Crippen molar-refractivity contribution < 1.29 is 86.8 Å². The van der Waals surface area contributed by atoms with E-state index in [1.807, 2.05) is 5.32 Å². The lowest BCUT2D eigenvalue weighted by molar-refractivity contribution is -0.221. The van der Waals surface area contributed by atoms with Crippen LogP contribution in [0.2, 0.25) is 0 Å². The van der Waals surface area contributed by atoms with Crippen LogP contribution in [0.4, 0.5) is 59.4 Å². The Hall–Kier alpha value is -8.63. The average Bonchev–Trinajstić information content (AvgIpc) is 1.82. The summed E-state index contributed by atoms with van der Waals surface area (Å²) in [6.45, 7) is -0.371. The second kappa shape index (κ2) is 27.4. The van der Waals surface area contributed by atoms with Gasteiger partial charge in [0.05, 0.1) is 73.7 Å². The Morgan fingerprint density at radius 3 is 1.83 bits per heavy atom. The molecule has 4 N–H and O–H groups in total. The minimum Gasteiger partial charge on any atom is -0.455 e. The summed E-state index contributed by atoms with van der Waals surface area (Å²) in [5, 5.41) is 10.2. The van der Waals surface area contributed by atoms with Crippen LogP contribution in [-0.4, -0.2) is 166 Å². The summed E-state index contributed by atoms with van der Waals surface area (Å²) < 4.78 is 170. The van der Waals surface area contributed by atoms with E-state index in [-0.39, 0.29) is 27.1 Å². The fraction of sp³-hybridized carbons (Fsp3) is 0.466. The molecule has 3 aliphatic rings. The van der Waals surface area contributed by atoms with Crippen molar-refractivity contribution in [2.45, 2.75) is 115 Å². The number of alkyl halides is 8. The highest BCUT2D eigenvalue weighted by Crippen LogP contribution is 2.42. The summed E-state index contributed by atoms with van der Waals surface area (Å²) >= 11 is 0. The molecule has 89 heavy (non-hydrogen) atoms. The Kier molecular flexibility index (Phi) is 20.4. The number of anilines is 1. The Morgan fingerprint density at radius 2 is 1.33 bits per heavy atom. The van der Waals surface area contributed by atoms with Gasteiger partial charge in [-0.3, -0.25) is 24.9 Å². The quantitative estimate of drug-likeness (QED) is 0.0186. The highest BCUT2D eigenvalue weighted by atomic mass is 19.4. The first kappa shape index (κ1) is 66.3. The van der Waals surface area contributed by atoms with Crippen LogP contribution >= 0.6 is 0 Å². The number of carbonyl (C=O) groups is 5. The van der Waals surface area contributed by atoms with E-state index in [9.17, 15) is 59.1 Å². The van der Waals surface area contributed by atoms with Crippen LogP contribution in [0.15, 0.2) is 85.6 Å². The van der Waals surface area contributed by atoms with Crippen LogP contribution in [0.1, 0.15) is 79.7 Å². The van der Waals surface area contributed by atoms with E-state index >= 15 is 8.78 Å². The Bertz CT molecular complexity index is 3360. The number of esters is 1. The summed E-state index contributed by atoms with van der Waals surface area (Å²) in [4.78, 5) is 86.3. The molecule has 3 aliphatic heterocycles. The van der Waals surface area contributed by atoms with E-state index < -0.39 is 121 Å². The maximum atomic E-state index is 16.4. The number of carbonyl (C=O) groups excluding carboxylic acids is 5. The molecule has 478 valence electrons. The lowest BCUT2D eigenvalue weighted by Gasteiger charge is -2.47. The van der Waals surface area contributed by atoms with Gasteiger partial charge >= 0.3 is 37.1 Å². The summed E-state index contributed by atoms with van der Waals surface area (Å²) in [6.07, 6.45) is -7.83. The number of aromatic nitrogens is 5. The monoisotopic (exact) mass is 1260 g/mol.